The average molecular weight is 469 g/mol. The minimum Gasteiger partial charge on any atom is -0.479 e. The van der Waals surface area contributed by atoms with E-state index in [4.69, 9.17) is 21.2 Å². The molecule has 1 aromatic carbocycles. The number of nitrogens with one attached hydrogen (secondary N) is 1. The summed E-state index contributed by atoms with van der Waals surface area (Å²) in [5.41, 5.74) is 3.94. The summed E-state index contributed by atoms with van der Waals surface area (Å²) in [7, 11) is 1.57. The molecule has 0 aliphatic carbocycles. The zero-order valence-corrected chi connectivity index (χ0v) is 19.1. The predicted octanol–water partition coefficient (Wildman–Crippen LogP) is 4.37. The van der Waals surface area contributed by atoms with Crippen LogP contribution in [-0.4, -0.2) is 38.7 Å². The van der Waals surface area contributed by atoms with E-state index in [0.29, 0.717) is 30.6 Å². The van der Waals surface area contributed by atoms with Crippen molar-refractivity contribution in [2.75, 3.05) is 13.7 Å². The van der Waals surface area contributed by atoms with Crippen molar-refractivity contribution >= 4 is 28.3 Å². The summed E-state index contributed by atoms with van der Waals surface area (Å²) in [6, 6.07) is 6.63. The van der Waals surface area contributed by atoms with Crippen LogP contribution >= 0.6 is 11.6 Å². The number of aromatic nitrogens is 4. The molecule has 1 N–H and O–H groups in total. The molecule has 0 saturated carbocycles. The molecule has 0 radical (unpaired) electrons. The lowest BCUT2D eigenvalue weighted by molar-refractivity contribution is 0.109. The second-order valence-electron chi connectivity index (χ2n) is 7.73. The van der Waals surface area contributed by atoms with Crippen LogP contribution in [0.3, 0.4) is 0 Å². The molecule has 1 aliphatic rings. The fraction of sp³-hybridized carbons (Fsp3) is 0.261. The van der Waals surface area contributed by atoms with E-state index in [2.05, 4.69) is 20.4 Å². The molecule has 0 spiro atoms. The third-order valence-electron chi connectivity index (χ3n) is 5.64. The highest BCUT2D eigenvalue weighted by molar-refractivity contribution is 6.31. The Balaban J connectivity index is 1.48. The Bertz CT molecular complexity index is 1380. The maximum atomic E-state index is 14.1. The Labute approximate surface area is 194 Å². The molecule has 0 fully saturated rings. The highest BCUT2D eigenvalue weighted by atomic mass is 35.5. The fourth-order valence-electron chi connectivity index (χ4n) is 4.01. The molecule has 10 heteroatoms. The van der Waals surface area contributed by atoms with Crippen molar-refractivity contribution in [2.45, 2.75) is 26.4 Å². The van der Waals surface area contributed by atoms with Crippen LogP contribution in [0.5, 0.6) is 5.88 Å². The normalized spacial score (nSPS) is 15.8. The third-order valence-corrected chi connectivity index (χ3v) is 5.93. The number of benzene rings is 1. The number of imidazole rings is 1. The molecule has 4 aromatic rings. The summed E-state index contributed by atoms with van der Waals surface area (Å²) in [6.07, 6.45) is 5.59. The van der Waals surface area contributed by atoms with Crippen LogP contribution in [0.1, 0.15) is 29.9 Å². The Kier molecular flexibility index (Phi) is 5.41. The number of methoxy groups -OCH3 is 1. The first-order valence-corrected chi connectivity index (χ1v) is 10.9. The molecule has 1 atom stereocenters. The van der Waals surface area contributed by atoms with Crippen LogP contribution in [0.15, 0.2) is 48.1 Å². The molecule has 3 aromatic heterocycles. The van der Waals surface area contributed by atoms with Gasteiger partial charge in [-0.2, -0.15) is 0 Å². The van der Waals surface area contributed by atoms with Crippen molar-refractivity contribution in [1.82, 2.24) is 24.4 Å². The number of hydrogen-bond acceptors (Lipinski definition) is 6. The number of oxime groups is 1. The lowest BCUT2D eigenvalue weighted by Crippen LogP contribution is -2.36. The Morgan fingerprint density at radius 2 is 2.15 bits per heavy atom. The van der Waals surface area contributed by atoms with Gasteiger partial charge in [-0.15, -0.1) is 0 Å². The van der Waals surface area contributed by atoms with Gasteiger partial charge >= 0.3 is 0 Å². The van der Waals surface area contributed by atoms with Crippen LogP contribution < -0.4 is 10.1 Å². The number of hydrogen-bond donors (Lipinski definition) is 1. The molecule has 33 heavy (non-hydrogen) atoms. The van der Waals surface area contributed by atoms with E-state index in [9.17, 15) is 4.39 Å². The number of aryl methyl sites for hydroxylation is 2. The van der Waals surface area contributed by atoms with E-state index in [1.807, 2.05) is 47.5 Å². The molecule has 8 nitrogen and oxygen atoms in total. The van der Waals surface area contributed by atoms with E-state index in [1.54, 1.807) is 19.5 Å². The SMILES string of the molecule is CCn1cc(C2CON=C(c3ccc(-n4cnc(C)c4)c(OC)n3)N2)c2cc(Cl)c(F)cc21. The number of nitrogens with zero attached hydrogens (tertiary/aromatic N) is 5. The summed E-state index contributed by atoms with van der Waals surface area (Å²) in [4.78, 5) is 14.4. The molecule has 0 bridgehead atoms. The largest absolute Gasteiger partial charge is 0.479 e. The zero-order chi connectivity index (χ0) is 23.1. The molecule has 5 rings (SSSR count). The smallest absolute Gasteiger partial charge is 0.238 e. The second kappa shape index (κ2) is 8.40. The molecule has 0 amide bonds. The first-order chi connectivity index (χ1) is 16.0. The van der Waals surface area contributed by atoms with Crippen molar-refractivity contribution < 1.29 is 14.0 Å². The van der Waals surface area contributed by atoms with E-state index < -0.39 is 5.82 Å². The molecule has 0 saturated heterocycles. The van der Waals surface area contributed by atoms with Gasteiger partial charge in [0.2, 0.25) is 5.88 Å². The van der Waals surface area contributed by atoms with Gasteiger partial charge in [-0.05, 0) is 38.1 Å². The van der Waals surface area contributed by atoms with Gasteiger partial charge in [0.05, 0.1) is 35.7 Å². The zero-order valence-electron chi connectivity index (χ0n) is 18.3. The van der Waals surface area contributed by atoms with Crippen molar-refractivity contribution in [3.05, 3.63) is 70.8 Å². The summed E-state index contributed by atoms with van der Waals surface area (Å²) in [6.45, 7) is 4.93. The number of halogens is 2. The van der Waals surface area contributed by atoms with Crippen molar-refractivity contribution in [3.63, 3.8) is 0 Å². The second-order valence-corrected chi connectivity index (χ2v) is 8.14. The molecule has 4 heterocycles. The van der Waals surface area contributed by atoms with E-state index in [-0.39, 0.29) is 11.1 Å². The third kappa shape index (κ3) is 3.78. The Morgan fingerprint density at radius 3 is 2.88 bits per heavy atom. The average Bonchev–Trinajstić information content (AvgIpc) is 3.42. The first-order valence-electron chi connectivity index (χ1n) is 10.5. The molecule has 1 unspecified atom stereocenters. The summed E-state index contributed by atoms with van der Waals surface area (Å²) in [5, 5.41) is 8.52. The summed E-state index contributed by atoms with van der Waals surface area (Å²) in [5.74, 6) is 0.466. The monoisotopic (exact) mass is 468 g/mol. The van der Waals surface area contributed by atoms with Crippen LogP contribution in [0.2, 0.25) is 5.02 Å². The van der Waals surface area contributed by atoms with Crippen LogP contribution in [0.4, 0.5) is 4.39 Å². The number of pyridine rings is 1. The van der Waals surface area contributed by atoms with Crippen LogP contribution in [0, 0.1) is 12.7 Å². The number of fused-ring (bicyclic) bond motifs is 1. The molecular formula is C23H22ClFN6O2. The predicted molar refractivity (Wildman–Crippen MR) is 124 cm³/mol. The lowest BCUT2D eigenvalue weighted by Gasteiger charge is -2.24. The molecule has 170 valence electrons. The molecular weight excluding hydrogens is 447 g/mol. The van der Waals surface area contributed by atoms with Gasteiger partial charge in [0.1, 0.15) is 23.8 Å². The minimum atomic E-state index is -0.442. The number of amidine groups is 1. The minimum absolute atomic E-state index is 0.0833. The van der Waals surface area contributed by atoms with Gasteiger partial charge < -0.3 is 24.0 Å². The first kappa shape index (κ1) is 21.3. The van der Waals surface area contributed by atoms with E-state index in [0.717, 1.165) is 27.8 Å². The van der Waals surface area contributed by atoms with Crippen LogP contribution in [-0.2, 0) is 11.4 Å². The summed E-state index contributed by atoms with van der Waals surface area (Å²) < 4.78 is 23.4. The highest BCUT2D eigenvalue weighted by Gasteiger charge is 2.26. The highest BCUT2D eigenvalue weighted by Crippen LogP contribution is 2.32. The van der Waals surface area contributed by atoms with Gasteiger partial charge in [0, 0.05) is 29.9 Å². The van der Waals surface area contributed by atoms with Gasteiger partial charge in [-0.25, -0.2) is 14.4 Å². The quantitative estimate of drug-likeness (QED) is 0.470. The van der Waals surface area contributed by atoms with Gasteiger partial charge in [0.25, 0.3) is 0 Å². The van der Waals surface area contributed by atoms with Gasteiger partial charge in [-0.1, -0.05) is 16.8 Å². The van der Waals surface area contributed by atoms with E-state index in [1.165, 1.54) is 6.07 Å². The standard InChI is InChI=1S/C23H22ClFN6O2/c1-4-30-10-15(14-7-16(24)17(25)8-21(14)30)19-11-33-29-22(27-19)18-5-6-20(23(28-18)32-3)31-9-13(2)26-12-31/h5-10,12,19H,4,11H2,1-3H3,(H,27,29). The van der Waals surface area contributed by atoms with Crippen LogP contribution in [0.25, 0.3) is 16.6 Å². The maximum absolute atomic E-state index is 14.1. The van der Waals surface area contributed by atoms with Crippen molar-refractivity contribution in [1.29, 1.82) is 0 Å². The van der Waals surface area contributed by atoms with E-state index >= 15 is 0 Å². The summed E-state index contributed by atoms with van der Waals surface area (Å²) >= 11 is 6.09. The Morgan fingerprint density at radius 1 is 1.30 bits per heavy atom. The number of ether oxygens (including phenoxy) is 1. The Hall–Kier alpha value is -3.59. The fourth-order valence-corrected chi connectivity index (χ4v) is 4.18. The maximum Gasteiger partial charge on any atom is 0.238 e. The lowest BCUT2D eigenvalue weighted by atomic mass is 10.1. The van der Waals surface area contributed by atoms with Crippen molar-refractivity contribution in [3.8, 4) is 11.6 Å². The topological polar surface area (TPSA) is 78.5 Å². The molecule has 1 aliphatic heterocycles. The number of rotatable bonds is 5. The van der Waals surface area contributed by atoms with Crippen molar-refractivity contribution in [2.24, 2.45) is 5.16 Å². The van der Waals surface area contributed by atoms with Gasteiger partial charge in [0.15, 0.2) is 5.84 Å². The van der Waals surface area contributed by atoms with Gasteiger partial charge in [-0.3, -0.25) is 0 Å².